The van der Waals surface area contributed by atoms with Crippen LogP contribution in [-0.2, 0) is 11.4 Å². The molecule has 35 heavy (non-hydrogen) atoms. The summed E-state index contributed by atoms with van der Waals surface area (Å²) in [5.74, 6) is -1.91. The summed E-state index contributed by atoms with van der Waals surface area (Å²) in [4.78, 5) is 31.8. The average molecular weight is 479 g/mol. The van der Waals surface area contributed by atoms with Gasteiger partial charge in [-0.25, -0.2) is 9.18 Å². The molecule has 2 heterocycles. The molecule has 9 heteroatoms. The molecule has 0 spiro atoms. The van der Waals surface area contributed by atoms with Crippen LogP contribution in [0.4, 0.5) is 10.1 Å². The van der Waals surface area contributed by atoms with Crippen molar-refractivity contribution in [3.63, 3.8) is 0 Å². The Morgan fingerprint density at radius 2 is 2.03 bits per heavy atom. The maximum atomic E-state index is 15.3. The van der Waals surface area contributed by atoms with Gasteiger partial charge in [-0.15, -0.1) is 0 Å². The second kappa shape index (κ2) is 8.81. The molecule has 5 rings (SSSR count). The zero-order valence-corrected chi connectivity index (χ0v) is 19.4. The summed E-state index contributed by atoms with van der Waals surface area (Å²) in [6, 6.07) is 12.6. The van der Waals surface area contributed by atoms with Gasteiger partial charge in [-0.05, 0) is 30.5 Å². The molecular weight excluding hydrogens is 451 g/mol. The van der Waals surface area contributed by atoms with Crippen LogP contribution in [0.1, 0.15) is 41.7 Å². The fourth-order valence-electron chi connectivity index (χ4n) is 4.60. The summed E-state index contributed by atoms with van der Waals surface area (Å²) >= 11 is 0. The van der Waals surface area contributed by atoms with Crippen molar-refractivity contribution >= 4 is 28.3 Å². The van der Waals surface area contributed by atoms with Crippen LogP contribution in [0.2, 0.25) is 0 Å². The van der Waals surface area contributed by atoms with Gasteiger partial charge < -0.3 is 25.1 Å². The van der Waals surface area contributed by atoms with E-state index in [4.69, 9.17) is 10.6 Å². The summed E-state index contributed by atoms with van der Waals surface area (Å²) in [6.45, 7) is 3.35. The highest BCUT2D eigenvalue weighted by Gasteiger charge is 2.41. The number of halogens is 1. The Morgan fingerprint density at radius 3 is 2.69 bits per heavy atom. The van der Waals surface area contributed by atoms with Crippen LogP contribution >= 0.6 is 0 Å². The number of pyridine rings is 1. The zero-order valence-electron chi connectivity index (χ0n) is 19.4. The maximum absolute atomic E-state index is 15.3. The fraction of sp³-hybridized carbons (Fsp3) is 0.346. The summed E-state index contributed by atoms with van der Waals surface area (Å²) in [5.41, 5.74) is 7.10. The second-order valence-electron chi connectivity index (χ2n) is 9.55. The molecule has 1 saturated carbocycles. The van der Waals surface area contributed by atoms with E-state index in [2.05, 4.69) is 5.16 Å². The van der Waals surface area contributed by atoms with Crippen LogP contribution in [-0.4, -0.2) is 41.0 Å². The number of hydrogen-bond donors (Lipinski definition) is 2. The molecule has 3 aromatic rings. The van der Waals surface area contributed by atoms with Crippen LogP contribution in [0.15, 0.2) is 58.6 Å². The standard InChI is InChI=1S/C26H27FN4O4/c1-26(14-28)15-30(12-23(26)29-35-13-16-5-3-2-4-6-16)22-10-21-18(9-20(22)27)24(32)19(25(33)34)11-31(21)17-7-8-17/h2-6,9-11,17H,7-8,12-15,28H2,1H3,(H,33,34)/b29-23-. The third kappa shape index (κ3) is 4.27. The number of benzene rings is 2. The molecule has 1 saturated heterocycles. The van der Waals surface area contributed by atoms with Gasteiger partial charge in [0.2, 0.25) is 5.43 Å². The van der Waals surface area contributed by atoms with Crippen molar-refractivity contribution in [3.8, 4) is 0 Å². The molecule has 3 N–H and O–H groups in total. The van der Waals surface area contributed by atoms with Gasteiger partial charge in [0.15, 0.2) is 0 Å². The van der Waals surface area contributed by atoms with Crippen LogP contribution in [0.25, 0.3) is 10.9 Å². The number of oxime groups is 1. The van der Waals surface area contributed by atoms with Crippen LogP contribution in [0.3, 0.4) is 0 Å². The Morgan fingerprint density at radius 1 is 1.29 bits per heavy atom. The summed E-state index contributed by atoms with van der Waals surface area (Å²) in [6.07, 6.45) is 3.15. The fourth-order valence-corrected chi connectivity index (χ4v) is 4.60. The first-order valence-electron chi connectivity index (χ1n) is 11.6. The van der Waals surface area contributed by atoms with Gasteiger partial charge in [0.25, 0.3) is 0 Å². The van der Waals surface area contributed by atoms with Gasteiger partial charge in [-0.2, -0.15) is 0 Å². The lowest BCUT2D eigenvalue weighted by atomic mass is 9.88. The minimum absolute atomic E-state index is 0.0684. The number of aromatic nitrogens is 1. The minimum Gasteiger partial charge on any atom is -0.477 e. The van der Waals surface area contributed by atoms with Crippen molar-refractivity contribution in [1.82, 2.24) is 4.57 Å². The van der Waals surface area contributed by atoms with Crippen LogP contribution < -0.4 is 16.1 Å². The number of carboxylic acids is 1. The SMILES string of the molecule is CC1(CN)CN(c2cc3c(cc2F)c(=O)c(C(=O)O)cn3C2CC2)C/C1=N/OCc1ccccc1. The van der Waals surface area contributed by atoms with E-state index in [1.54, 1.807) is 10.6 Å². The molecule has 182 valence electrons. The molecule has 2 aromatic carbocycles. The molecule has 0 bridgehead atoms. The maximum Gasteiger partial charge on any atom is 0.341 e. The van der Waals surface area contributed by atoms with Gasteiger partial charge in [-0.1, -0.05) is 42.4 Å². The molecule has 0 amide bonds. The first-order valence-corrected chi connectivity index (χ1v) is 11.6. The smallest absolute Gasteiger partial charge is 0.341 e. The second-order valence-corrected chi connectivity index (χ2v) is 9.55. The van der Waals surface area contributed by atoms with Crippen molar-refractivity contribution in [2.45, 2.75) is 32.4 Å². The van der Waals surface area contributed by atoms with Gasteiger partial charge in [0.1, 0.15) is 18.0 Å². The Balaban J connectivity index is 1.50. The van der Waals surface area contributed by atoms with Crippen molar-refractivity contribution in [3.05, 3.63) is 75.8 Å². The van der Waals surface area contributed by atoms with E-state index in [0.29, 0.717) is 37.4 Å². The van der Waals surface area contributed by atoms with E-state index < -0.39 is 22.6 Å². The molecule has 8 nitrogen and oxygen atoms in total. The summed E-state index contributed by atoms with van der Waals surface area (Å²) in [5, 5.41) is 13.9. The Hall–Kier alpha value is -3.72. The topological polar surface area (TPSA) is 110 Å². The van der Waals surface area contributed by atoms with Crippen LogP contribution in [0, 0.1) is 11.2 Å². The predicted molar refractivity (Wildman–Crippen MR) is 131 cm³/mol. The van der Waals surface area contributed by atoms with Crippen molar-refractivity contribution in [2.24, 2.45) is 16.3 Å². The first-order chi connectivity index (χ1) is 16.8. The lowest BCUT2D eigenvalue weighted by Crippen LogP contribution is -2.36. The highest BCUT2D eigenvalue weighted by atomic mass is 19.1. The molecule has 1 aromatic heterocycles. The number of hydrogen-bond acceptors (Lipinski definition) is 6. The number of nitrogens with zero attached hydrogens (tertiary/aromatic N) is 3. The summed E-state index contributed by atoms with van der Waals surface area (Å²) in [7, 11) is 0. The Kier molecular flexibility index (Phi) is 5.80. The molecule has 2 fully saturated rings. The molecule has 2 aliphatic rings. The van der Waals surface area contributed by atoms with E-state index in [1.165, 1.54) is 6.20 Å². The van der Waals surface area contributed by atoms with Crippen molar-refractivity contribution in [2.75, 3.05) is 24.5 Å². The Bertz CT molecular complexity index is 1380. The largest absolute Gasteiger partial charge is 0.477 e. The average Bonchev–Trinajstić information content (AvgIpc) is 3.63. The van der Waals surface area contributed by atoms with E-state index in [1.807, 2.05) is 42.2 Å². The lowest BCUT2D eigenvalue weighted by Gasteiger charge is -2.24. The predicted octanol–water partition coefficient (Wildman–Crippen LogP) is 3.53. The van der Waals surface area contributed by atoms with Crippen molar-refractivity contribution < 1.29 is 19.1 Å². The molecule has 1 aliphatic heterocycles. The first kappa shape index (κ1) is 23.0. The third-order valence-corrected chi connectivity index (χ3v) is 6.89. The normalized spacial score (nSPS) is 21.1. The van der Waals surface area contributed by atoms with Gasteiger partial charge in [0.05, 0.1) is 23.5 Å². The highest BCUT2D eigenvalue weighted by molar-refractivity contribution is 5.98. The van der Waals surface area contributed by atoms with E-state index >= 15 is 4.39 Å². The van der Waals surface area contributed by atoms with Gasteiger partial charge in [-0.3, -0.25) is 4.79 Å². The number of nitrogens with two attached hydrogens (primary N) is 1. The number of fused-ring (bicyclic) bond motifs is 1. The van der Waals surface area contributed by atoms with Gasteiger partial charge >= 0.3 is 5.97 Å². The van der Waals surface area contributed by atoms with E-state index in [0.717, 1.165) is 30.2 Å². The number of rotatable bonds is 7. The van der Waals surface area contributed by atoms with Crippen molar-refractivity contribution in [1.29, 1.82) is 0 Å². The molecule has 1 aliphatic carbocycles. The molecule has 0 radical (unpaired) electrons. The third-order valence-electron chi connectivity index (χ3n) is 6.89. The molecular formula is C26H27FN4O4. The number of carbonyl (C=O) groups is 1. The quantitative estimate of drug-likeness (QED) is 0.503. The number of carboxylic acid groups (broad SMARTS) is 1. The van der Waals surface area contributed by atoms with E-state index in [9.17, 15) is 14.7 Å². The highest BCUT2D eigenvalue weighted by Crippen LogP contribution is 2.39. The minimum atomic E-state index is -1.31. The van der Waals surface area contributed by atoms with Crippen LogP contribution in [0.5, 0.6) is 0 Å². The number of anilines is 1. The molecule has 1 unspecified atom stereocenters. The van der Waals surface area contributed by atoms with E-state index in [-0.39, 0.29) is 17.0 Å². The lowest BCUT2D eigenvalue weighted by molar-refractivity contribution is 0.0695. The molecule has 1 atom stereocenters. The monoisotopic (exact) mass is 478 g/mol. The summed E-state index contributed by atoms with van der Waals surface area (Å²) < 4.78 is 17.1. The number of aromatic carboxylic acids is 1. The zero-order chi connectivity index (χ0) is 24.7. The van der Waals surface area contributed by atoms with Gasteiger partial charge in [0, 0.05) is 36.1 Å². The Labute approximate surface area is 201 Å².